The number of aromatic nitrogens is 2. The number of hydrogen-bond donors (Lipinski definition) is 1. The van der Waals surface area contributed by atoms with Crippen LogP contribution in [0.5, 0.6) is 0 Å². The molecule has 0 aliphatic heterocycles. The van der Waals surface area contributed by atoms with Crippen LogP contribution in [-0.2, 0) is 0 Å². The number of nitrogens with one attached hydrogen (secondary N) is 1. The average molecular weight is 178 g/mol. The molecule has 3 aromatic rings. The number of H-pyrrole nitrogens is 1. The third-order valence-corrected chi connectivity index (χ3v) is 2.50. The van der Waals surface area contributed by atoms with E-state index in [1.165, 1.54) is 0 Å². The minimum atomic E-state index is 0.800. The minimum Gasteiger partial charge on any atom is -0.278 e. The Kier molecular flexibility index (Phi) is 1.42. The van der Waals surface area contributed by atoms with Gasteiger partial charge in [0, 0.05) is 5.39 Å². The Labute approximate surface area is 82.3 Å². The van der Waals surface area contributed by atoms with Crippen molar-refractivity contribution in [3.8, 4) is 0 Å². The van der Waals surface area contributed by atoms with Crippen LogP contribution < -0.4 is 5.46 Å². The molecule has 0 bridgehead atoms. The average Bonchev–Trinajstić information content (AvgIpc) is 2.65. The first-order valence-electron chi connectivity index (χ1n) is 4.46. The van der Waals surface area contributed by atoms with Crippen molar-refractivity contribution in [1.29, 1.82) is 0 Å². The van der Waals surface area contributed by atoms with Crippen molar-refractivity contribution in [2.45, 2.75) is 0 Å². The highest BCUT2D eigenvalue weighted by atomic mass is 15.1. The van der Waals surface area contributed by atoms with Crippen LogP contribution in [0.4, 0.5) is 0 Å². The Morgan fingerprint density at radius 1 is 1.14 bits per heavy atom. The molecule has 2 nitrogen and oxygen atoms in total. The predicted octanol–water partition coefficient (Wildman–Crippen LogP) is 1.51. The number of nitrogens with zero attached hydrogens (tertiary/aromatic N) is 1. The lowest BCUT2D eigenvalue weighted by atomic mass is 9.89. The summed E-state index contributed by atoms with van der Waals surface area (Å²) >= 11 is 0. The molecule has 14 heavy (non-hydrogen) atoms. The van der Waals surface area contributed by atoms with Crippen molar-refractivity contribution in [2.75, 3.05) is 0 Å². The molecule has 0 amide bonds. The third-order valence-electron chi connectivity index (χ3n) is 2.50. The fourth-order valence-corrected chi connectivity index (χ4v) is 1.83. The molecule has 0 saturated carbocycles. The molecule has 0 aliphatic rings. The lowest BCUT2D eigenvalue weighted by molar-refractivity contribution is 1.12. The monoisotopic (exact) mass is 178 g/mol. The second-order valence-corrected chi connectivity index (χ2v) is 3.34. The third kappa shape index (κ3) is 0.895. The second kappa shape index (κ2) is 2.61. The molecule has 3 heteroatoms. The summed E-state index contributed by atoms with van der Waals surface area (Å²) in [6.45, 7) is 0. The lowest BCUT2D eigenvalue weighted by Gasteiger charge is -2.02. The first kappa shape index (κ1) is 7.62. The molecule has 64 valence electrons. The van der Waals surface area contributed by atoms with Gasteiger partial charge in [0.05, 0.1) is 11.7 Å². The molecule has 0 atom stereocenters. The van der Waals surface area contributed by atoms with E-state index in [9.17, 15) is 0 Å². The normalized spacial score (nSPS) is 11.1. The highest BCUT2D eigenvalue weighted by Gasteiger charge is 2.02. The highest BCUT2D eigenvalue weighted by Crippen LogP contribution is 2.21. The highest BCUT2D eigenvalue weighted by molar-refractivity contribution is 6.41. The summed E-state index contributed by atoms with van der Waals surface area (Å²) in [7, 11) is 5.94. The van der Waals surface area contributed by atoms with E-state index < -0.39 is 0 Å². The van der Waals surface area contributed by atoms with Gasteiger partial charge in [-0.3, -0.25) is 5.10 Å². The number of rotatable bonds is 0. The van der Waals surface area contributed by atoms with Crippen molar-refractivity contribution in [3.05, 3.63) is 36.5 Å². The lowest BCUT2D eigenvalue weighted by Crippen LogP contribution is -2.02. The van der Waals surface area contributed by atoms with E-state index in [0.29, 0.717) is 0 Å². The smallest absolute Gasteiger partial charge is 0.114 e. The Bertz CT molecular complexity index is 613. The zero-order chi connectivity index (χ0) is 9.54. The number of benzene rings is 2. The molecular weight excluding hydrogens is 171 g/mol. The largest absolute Gasteiger partial charge is 0.278 e. The maximum Gasteiger partial charge on any atom is 0.114 e. The Balaban J connectivity index is 2.67. The van der Waals surface area contributed by atoms with Gasteiger partial charge in [0.1, 0.15) is 7.85 Å². The van der Waals surface area contributed by atoms with Crippen molar-refractivity contribution in [3.63, 3.8) is 0 Å². The van der Waals surface area contributed by atoms with E-state index >= 15 is 0 Å². The molecule has 0 aliphatic carbocycles. The summed E-state index contributed by atoms with van der Waals surface area (Å²) < 4.78 is 0. The molecule has 1 N–H and O–H groups in total. The van der Waals surface area contributed by atoms with Crippen molar-refractivity contribution in [2.24, 2.45) is 0 Å². The Morgan fingerprint density at radius 2 is 2.07 bits per heavy atom. The molecule has 2 aromatic carbocycles. The van der Waals surface area contributed by atoms with E-state index in [1.807, 2.05) is 30.5 Å². The first-order chi connectivity index (χ1) is 6.86. The zero-order valence-electron chi connectivity index (χ0n) is 7.49. The van der Waals surface area contributed by atoms with E-state index in [2.05, 4.69) is 16.3 Å². The van der Waals surface area contributed by atoms with Crippen LogP contribution in [0.3, 0.4) is 0 Å². The Hall–Kier alpha value is -1.77. The van der Waals surface area contributed by atoms with Crippen LogP contribution in [0.2, 0.25) is 0 Å². The molecule has 1 heterocycles. The SMILES string of the molecule is [B]c1cccc2ccc3[nH]ncc3c12. The summed E-state index contributed by atoms with van der Waals surface area (Å²) in [6.07, 6.45) is 1.81. The van der Waals surface area contributed by atoms with Gasteiger partial charge in [0.2, 0.25) is 0 Å². The van der Waals surface area contributed by atoms with Gasteiger partial charge in [-0.15, -0.1) is 0 Å². The van der Waals surface area contributed by atoms with E-state index in [1.54, 1.807) is 0 Å². The molecule has 0 saturated heterocycles. The van der Waals surface area contributed by atoms with Crippen molar-refractivity contribution in [1.82, 2.24) is 10.2 Å². The number of fused-ring (bicyclic) bond motifs is 3. The van der Waals surface area contributed by atoms with Gasteiger partial charge in [-0.2, -0.15) is 5.10 Å². The molecule has 0 spiro atoms. The van der Waals surface area contributed by atoms with Crippen molar-refractivity contribution < 1.29 is 0 Å². The topological polar surface area (TPSA) is 28.7 Å². The van der Waals surface area contributed by atoms with Crippen LogP contribution in [0.15, 0.2) is 36.5 Å². The van der Waals surface area contributed by atoms with Gasteiger partial charge in [-0.05, 0) is 16.8 Å². The van der Waals surface area contributed by atoms with Gasteiger partial charge >= 0.3 is 0 Å². The fourth-order valence-electron chi connectivity index (χ4n) is 1.83. The van der Waals surface area contributed by atoms with E-state index in [-0.39, 0.29) is 0 Å². The van der Waals surface area contributed by atoms with Gasteiger partial charge in [0.15, 0.2) is 0 Å². The molecular formula is C11H7BN2. The van der Waals surface area contributed by atoms with Crippen LogP contribution in [0.1, 0.15) is 0 Å². The van der Waals surface area contributed by atoms with Crippen LogP contribution in [-0.4, -0.2) is 18.0 Å². The number of aromatic amines is 1. The Morgan fingerprint density at radius 3 is 3.00 bits per heavy atom. The van der Waals surface area contributed by atoms with Gasteiger partial charge < -0.3 is 0 Å². The van der Waals surface area contributed by atoms with Crippen LogP contribution in [0.25, 0.3) is 21.7 Å². The van der Waals surface area contributed by atoms with Gasteiger partial charge in [-0.25, -0.2) is 0 Å². The summed E-state index contributed by atoms with van der Waals surface area (Å²) in [4.78, 5) is 0. The standard InChI is InChI=1S/C11H7BN2/c12-9-3-1-2-7-4-5-10-8(11(7)9)6-13-14-10/h1-6H,(H,13,14). The summed E-state index contributed by atoms with van der Waals surface area (Å²) in [5.41, 5.74) is 1.82. The van der Waals surface area contributed by atoms with E-state index in [0.717, 1.165) is 27.1 Å². The van der Waals surface area contributed by atoms with Crippen LogP contribution in [0, 0.1) is 0 Å². The maximum atomic E-state index is 5.94. The molecule has 1 aromatic heterocycles. The summed E-state index contributed by atoms with van der Waals surface area (Å²) in [6, 6.07) is 9.99. The van der Waals surface area contributed by atoms with Gasteiger partial charge in [0.25, 0.3) is 0 Å². The molecule has 0 fully saturated rings. The van der Waals surface area contributed by atoms with E-state index in [4.69, 9.17) is 7.85 Å². The second-order valence-electron chi connectivity index (χ2n) is 3.34. The summed E-state index contributed by atoms with van der Waals surface area (Å²) in [5, 5.41) is 10.3. The molecule has 3 rings (SSSR count). The predicted molar refractivity (Wildman–Crippen MR) is 59.0 cm³/mol. The van der Waals surface area contributed by atoms with Crippen molar-refractivity contribution >= 4 is 35.0 Å². The maximum absolute atomic E-state index is 5.94. The quantitative estimate of drug-likeness (QED) is 0.519. The molecule has 2 radical (unpaired) electrons. The van der Waals surface area contributed by atoms with Gasteiger partial charge in [-0.1, -0.05) is 29.7 Å². The summed E-state index contributed by atoms with van der Waals surface area (Å²) in [5.74, 6) is 0. The zero-order valence-corrected chi connectivity index (χ0v) is 7.49. The fraction of sp³-hybridized carbons (Fsp3) is 0. The minimum absolute atomic E-state index is 0.800. The first-order valence-corrected chi connectivity index (χ1v) is 4.46. The molecule has 0 unspecified atom stereocenters. The number of hydrogen-bond acceptors (Lipinski definition) is 1. The van der Waals surface area contributed by atoms with Crippen LogP contribution >= 0.6 is 0 Å².